The maximum atomic E-state index is 11.9. The highest BCUT2D eigenvalue weighted by Crippen LogP contribution is 2.39. The lowest BCUT2D eigenvalue weighted by molar-refractivity contribution is -0.121. The molecule has 0 aliphatic heterocycles. The fourth-order valence-electron chi connectivity index (χ4n) is 1.53. The highest BCUT2D eigenvalue weighted by Gasteiger charge is 2.43. The van der Waals surface area contributed by atoms with Crippen LogP contribution in [-0.4, -0.2) is 33.2 Å². The van der Waals surface area contributed by atoms with Crippen molar-refractivity contribution >= 4 is 10.2 Å². The zero-order chi connectivity index (χ0) is 13.3. The largest absolute Gasteiger partial charge is 0.402 e. The summed E-state index contributed by atoms with van der Waals surface area (Å²) >= 11 is 0. The van der Waals surface area contributed by atoms with Crippen LogP contribution < -0.4 is 15.2 Å². The van der Waals surface area contributed by atoms with E-state index >= 15 is 0 Å². The molecule has 1 atom stereocenters. The second-order valence-corrected chi connectivity index (χ2v) is 5.94. The van der Waals surface area contributed by atoms with Gasteiger partial charge in [0.15, 0.2) is 0 Å². The van der Waals surface area contributed by atoms with E-state index in [-0.39, 0.29) is 12.5 Å². The average molecular weight is 275 g/mol. The molecule has 0 bridgehead atoms. The van der Waals surface area contributed by atoms with Gasteiger partial charge in [-0.05, 0) is 25.7 Å². The van der Waals surface area contributed by atoms with Gasteiger partial charge in [0.1, 0.15) is 6.54 Å². The molecular weight excluding hydrogens is 259 g/mol. The third kappa shape index (κ3) is 4.78. The fraction of sp³-hybridized carbons (Fsp3) is 1.00. The molecule has 0 aromatic rings. The topological polar surface area (TPSA) is 84.2 Å². The Bertz CT molecular complexity index is 367. The molecule has 0 saturated heterocycles. The van der Waals surface area contributed by atoms with E-state index < -0.39 is 28.5 Å². The Morgan fingerprint density at radius 1 is 1.35 bits per heavy atom. The zero-order valence-corrected chi connectivity index (χ0v) is 10.2. The lowest BCUT2D eigenvalue weighted by atomic mass is 9.98. The molecule has 1 aliphatic carbocycles. The summed E-state index contributed by atoms with van der Waals surface area (Å²) in [6, 6.07) is 0. The van der Waals surface area contributed by atoms with Gasteiger partial charge in [-0.1, -0.05) is 0 Å². The number of rotatable bonds is 6. The van der Waals surface area contributed by atoms with E-state index in [1.165, 1.54) is 4.72 Å². The summed E-state index contributed by atoms with van der Waals surface area (Å²) in [6.07, 6.45) is -2.92. The van der Waals surface area contributed by atoms with Crippen molar-refractivity contribution in [2.24, 2.45) is 11.7 Å². The lowest BCUT2D eigenvalue weighted by Gasteiger charge is -2.29. The molecule has 0 aromatic heterocycles. The Balaban J connectivity index is 2.59. The minimum atomic E-state index is -4.58. The normalized spacial score (nSPS) is 21.2. The average Bonchev–Trinajstić information content (AvgIpc) is 2.96. The van der Waals surface area contributed by atoms with E-state index in [0.29, 0.717) is 0 Å². The monoisotopic (exact) mass is 275 g/mol. The SMILES string of the molecule is CC(CN)(NS(=O)(=O)NCC(F)(F)F)C1CC1. The minimum Gasteiger partial charge on any atom is -0.329 e. The molecule has 0 radical (unpaired) electrons. The van der Waals surface area contributed by atoms with Crippen LogP contribution in [0.1, 0.15) is 19.8 Å². The van der Waals surface area contributed by atoms with E-state index in [1.807, 2.05) is 0 Å². The summed E-state index contributed by atoms with van der Waals surface area (Å²) in [4.78, 5) is 0. The highest BCUT2D eigenvalue weighted by atomic mass is 32.2. The summed E-state index contributed by atoms with van der Waals surface area (Å²) in [7, 11) is -4.19. The van der Waals surface area contributed by atoms with Gasteiger partial charge in [0, 0.05) is 12.1 Å². The summed E-state index contributed by atoms with van der Waals surface area (Å²) in [6.45, 7) is 0.0513. The molecule has 1 unspecified atom stereocenters. The molecule has 0 aromatic carbocycles. The van der Waals surface area contributed by atoms with Gasteiger partial charge in [-0.25, -0.2) is 0 Å². The second-order valence-electron chi connectivity index (χ2n) is 4.44. The summed E-state index contributed by atoms with van der Waals surface area (Å²) in [5.74, 6) is 0.0926. The fourth-order valence-corrected chi connectivity index (χ4v) is 2.82. The number of nitrogens with two attached hydrogens (primary N) is 1. The summed E-state index contributed by atoms with van der Waals surface area (Å²) in [5, 5.41) is 0. The lowest BCUT2D eigenvalue weighted by Crippen LogP contribution is -2.56. The van der Waals surface area contributed by atoms with Crippen molar-refractivity contribution in [3.8, 4) is 0 Å². The Morgan fingerprint density at radius 3 is 2.24 bits per heavy atom. The first kappa shape index (κ1) is 14.7. The van der Waals surface area contributed by atoms with Crippen LogP contribution in [-0.2, 0) is 10.2 Å². The number of alkyl halides is 3. The molecule has 4 N–H and O–H groups in total. The number of hydrogen-bond donors (Lipinski definition) is 3. The zero-order valence-electron chi connectivity index (χ0n) is 9.34. The van der Waals surface area contributed by atoms with Crippen molar-refractivity contribution in [3.63, 3.8) is 0 Å². The predicted octanol–water partition coefficient (Wildman–Crippen LogP) is 0.100. The summed E-state index contributed by atoms with van der Waals surface area (Å²) < 4.78 is 62.1. The number of hydrogen-bond acceptors (Lipinski definition) is 3. The first-order chi connectivity index (χ1) is 7.58. The predicted molar refractivity (Wildman–Crippen MR) is 56.3 cm³/mol. The van der Waals surface area contributed by atoms with Crippen LogP contribution in [0.25, 0.3) is 0 Å². The molecule has 0 heterocycles. The maximum Gasteiger partial charge on any atom is 0.402 e. The van der Waals surface area contributed by atoms with Crippen LogP contribution >= 0.6 is 0 Å². The number of halogens is 3. The molecule has 9 heteroatoms. The smallest absolute Gasteiger partial charge is 0.329 e. The Morgan fingerprint density at radius 2 is 1.88 bits per heavy atom. The van der Waals surface area contributed by atoms with Gasteiger partial charge in [-0.15, -0.1) is 0 Å². The molecule has 1 saturated carbocycles. The quantitative estimate of drug-likeness (QED) is 0.643. The van der Waals surface area contributed by atoms with Crippen molar-refractivity contribution in [1.82, 2.24) is 9.44 Å². The van der Waals surface area contributed by atoms with Crippen LogP contribution in [0.15, 0.2) is 0 Å². The van der Waals surface area contributed by atoms with Gasteiger partial charge in [0.2, 0.25) is 0 Å². The van der Waals surface area contributed by atoms with Crippen molar-refractivity contribution in [1.29, 1.82) is 0 Å². The first-order valence-electron chi connectivity index (χ1n) is 5.13. The minimum absolute atomic E-state index is 0.0462. The van der Waals surface area contributed by atoms with E-state index in [4.69, 9.17) is 5.73 Å². The summed E-state index contributed by atoms with van der Waals surface area (Å²) in [5.41, 5.74) is 4.58. The third-order valence-corrected chi connectivity index (χ3v) is 3.99. The van der Waals surface area contributed by atoms with Gasteiger partial charge in [0.25, 0.3) is 10.2 Å². The van der Waals surface area contributed by atoms with E-state index in [2.05, 4.69) is 4.72 Å². The Hall–Kier alpha value is -0.380. The van der Waals surface area contributed by atoms with E-state index in [9.17, 15) is 21.6 Å². The molecule has 1 fully saturated rings. The second kappa shape index (κ2) is 4.71. The molecule has 102 valence electrons. The van der Waals surface area contributed by atoms with Crippen LogP contribution in [0.2, 0.25) is 0 Å². The van der Waals surface area contributed by atoms with Crippen LogP contribution in [0.4, 0.5) is 13.2 Å². The highest BCUT2D eigenvalue weighted by molar-refractivity contribution is 7.87. The van der Waals surface area contributed by atoms with Crippen molar-refractivity contribution < 1.29 is 21.6 Å². The van der Waals surface area contributed by atoms with Crippen LogP contribution in [0.3, 0.4) is 0 Å². The number of nitrogens with one attached hydrogen (secondary N) is 2. The van der Waals surface area contributed by atoms with Gasteiger partial charge >= 0.3 is 6.18 Å². The molecule has 0 amide bonds. The maximum absolute atomic E-state index is 11.9. The van der Waals surface area contributed by atoms with Gasteiger partial charge in [0.05, 0.1) is 0 Å². The molecular formula is C8H16F3N3O2S. The Labute approximate surface area is 98.1 Å². The third-order valence-electron chi connectivity index (χ3n) is 2.73. The van der Waals surface area contributed by atoms with E-state index in [0.717, 1.165) is 12.8 Å². The molecule has 1 rings (SSSR count). The van der Waals surface area contributed by atoms with Gasteiger partial charge in [-0.2, -0.15) is 31.0 Å². The van der Waals surface area contributed by atoms with Crippen LogP contribution in [0, 0.1) is 5.92 Å². The molecule has 1 aliphatic rings. The van der Waals surface area contributed by atoms with Crippen molar-refractivity contribution in [2.75, 3.05) is 13.1 Å². The van der Waals surface area contributed by atoms with Gasteiger partial charge in [-0.3, -0.25) is 0 Å². The molecule has 17 heavy (non-hydrogen) atoms. The first-order valence-corrected chi connectivity index (χ1v) is 6.62. The van der Waals surface area contributed by atoms with Crippen molar-refractivity contribution in [2.45, 2.75) is 31.5 Å². The van der Waals surface area contributed by atoms with Gasteiger partial charge < -0.3 is 5.73 Å². The van der Waals surface area contributed by atoms with Crippen LogP contribution in [0.5, 0.6) is 0 Å². The Kier molecular flexibility index (Phi) is 4.07. The van der Waals surface area contributed by atoms with E-state index in [1.54, 1.807) is 6.92 Å². The van der Waals surface area contributed by atoms with Crippen molar-refractivity contribution in [3.05, 3.63) is 0 Å². The molecule has 0 spiro atoms. The standard InChI is InChI=1S/C8H16F3N3O2S/c1-7(4-12,6-2-3-6)14-17(15,16)13-5-8(9,10)11/h6,13-14H,2-5,12H2,1H3. The molecule has 5 nitrogen and oxygen atoms in total.